The second kappa shape index (κ2) is 11.4. The van der Waals surface area contributed by atoms with Crippen molar-refractivity contribution >= 4 is 40.4 Å². The Hall–Kier alpha value is -2.52. The first-order chi connectivity index (χ1) is 15.4. The summed E-state index contributed by atoms with van der Waals surface area (Å²) in [5.41, 5.74) is 1.50. The lowest BCUT2D eigenvalue weighted by Gasteiger charge is -2.14. The van der Waals surface area contributed by atoms with E-state index in [0.29, 0.717) is 28.0 Å². The number of nitrogens with zero attached hydrogens (tertiary/aromatic N) is 1. The molecular formula is C22H22Cl2N2O5S. The number of ether oxygens (including phenoxy) is 3. The molecule has 2 N–H and O–H groups in total. The monoisotopic (exact) mass is 496 g/mol. The SMILES string of the molecule is COc1ccc(-c2nc(CC(=O)NCC(O)COc3cccc(Cl)c3Cl)cs2)cc1OC. The molecule has 3 rings (SSSR count). The topological polar surface area (TPSA) is 89.9 Å². The highest BCUT2D eigenvalue weighted by molar-refractivity contribution is 7.13. The third-order valence-corrected chi connectivity index (χ3v) is 6.15. The van der Waals surface area contributed by atoms with Gasteiger partial charge in [0.05, 0.1) is 31.4 Å². The third-order valence-electron chi connectivity index (χ3n) is 4.41. The number of hydrogen-bond donors (Lipinski definition) is 2. The fraction of sp³-hybridized carbons (Fsp3) is 0.273. The van der Waals surface area contributed by atoms with E-state index in [0.717, 1.165) is 10.6 Å². The van der Waals surface area contributed by atoms with E-state index in [-0.39, 0.29) is 30.5 Å². The van der Waals surface area contributed by atoms with Crippen molar-refractivity contribution in [3.8, 4) is 27.8 Å². The quantitative estimate of drug-likeness (QED) is 0.436. The number of carbonyl (C=O) groups is 1. The number of hydrogen-bond acceptors (Lipinski definition) is 7. The maximum atomic E-state index is 12.2. The summed E-state index contributed by atoms with van der Waals surface area (Å²) < 4.78 is 16.0. The summed E-state index contributed by atoms with van der Waals surface area (Å²) in [6.45, 7) is -0.00974. The molecule has 10 heteroatoms. The van der Waals surface area contributed by atoms with Crippen molar-refractivity contribution in [2.45, 2.75) is 12.5 Å². The number of aliphatic hydroxyl groups excluding tert-OH is 1. The van der Waals surface area contributed by atoms with E-state index in [9.17, 15) is 9.90 Å². The summed E-state index contributed by atoms with van der Waals surface area (Å²) in [5, 5.41) is 16.0. The van der Waals surface area contributed by atoms with Crippen LogP contribution in [0.3, 0.4) is 0 Å². The highest BCUT2D eigenvalue weighted by atomic mass is 35.5. The Kier molecular flexibility index (Phi) is 8.58. The van der Waals surface area contributed by atoms with E-state index in [1.807, 2.05) is 23.6 Å². The van der Waals surface area contributed by atoms with Crippen LogP contribution in [0, 0.1) is 0 Å². The lowest BCUT2D eigenvalue weighted by molar-refractivity contribution is -0.121. The van der Waals surface area contributed by atoms with Gasteiger partial charge >= 0.3 is 0 Å². The Labute approximate surface area is 199 Å². The maximum Gasteiger partial charge on any atom is 0.226 e. The molecule has 2 aromatic carbocycles. The molecule has 1 atom stereocenters. The Morgan fingerprint density at radius 3 is 2.69 bits per heavy atom. The van der Waals surface area contributed by atoms with Gasteiger partial charge in [-0.1, -0.05) is 29.3 Å². The number of halogens is 2. The molecule has 0 aliphatic rings. The number of aliphatic hydroxyl groups is 1. The summed E-state index contributed by atoms with van der Waals surface area (Å²) in [7, 11) is 3.15. The highest BCUT2D eigenvalue weighted by Gasteiger charge is 2.14. The van der Waals surface area contributed by atoms with Gasteiger partial charge in [0.25, 0.3) is 0 Å². The summed E-state index contributed by atoms with van der Waals surface area (Å²) in [6, 6.07) is 10.5. The van der Waals surface area contributed by atoms with Crippen LogP contribution in [-0.4, -0.2) is 49.5 Å². The number of thiazole rings is 1. The molecule has 170 valence electrons. The van der Waals surface area contributed by atoms with Crippen LogP contribution < -0.4 is 19.5 Å². The van der Waals surface area contributed by atoms with Gasteiger partial charge in [0.15, 0.2) is 11.5 Å². The lowest BCUT2D eigenvalue weighted by Crippen LogP contribution is -2.36. The summed E-state index contributed by atoms with van der Waals surface area (Å²) in [6.07, 6.45) is -0.816. The van der Waals surface area contributed by atoms with Gasteiger partial charge in [0, 0.05) is 17.5 Å². The van der Waals surface area contributed by atoms with E-state index < -0.39 is 6.10 Å². The van der Waals surface area contributed by atoms with Gasteiger partial charge in [-0.05, 0) is 30.3 Å². The van der Waals surface area contributed by atoms with E-state index in [4.69, 9.17) is 37.4 Å². The van der Waals surface area contributed by atoms with Crippen molar-refractivity contribution in [2.24, 2.45) is 0 Å². The predicted octanol–water partition coefficient (Wildman–Crippen LogP) is 4.23. The Balaban J connectivity index is 1.49. The van der Waals surface area contributed by atoms with Crippen LogP contribution in [-0.2, 0) is 11.2 Å². The lowest BCUT2D eigenvalue weighted by atomic mass is 10.2. The molecule has 0 saturated carbocycles. The van der Waals surface area contributed by atoms with E-state index >= 15 is 0 Å². The van der Waals surface area contributed by atoms with E-state index in [2.05, 4.69) is 10.3 Å². The zero-order valence-corrected chi connectivity index (χ0v) is 19.8. The predicted molar refractivity (Wildman–Crippen MR) is 125 cm³/mol. The minimum atomic E-state index is -0.910. The van der Waals surface area contributed by atoms with Gasteiger partial charge in [0.2, 0.25) is 5.91 Å². The molecule has 0 saturated heterocycles. The Morgan fingerprint density at radius 2 is 1.94 bits per heavy atom. The molecule has 0 radical (unpaired) electrons. The highest BCUT2D eigenvalue weighted by Crippen LogP contribution is 2.34. The van der Waals surface area contributed by atoms with E-state index in [1.165, 1.54) is 11.3 Å². The molecule has 0 aliphatic carbocycles. The first kappa shape index (κ1) is 24.1. The number of amides is 1. The molecule has 3 aromatic rings. The van der Waals surface area contributed by atoms with Crippen molar-refractivity contribution in [1.29, 1.82) is 0 Å². The Morgan fingerprint density at radius 1 is 1.16 bits per heavy atom. The van der Waals surface area contributed by atoms with Crippen molar-refractivity contribution in [3.05, 3.63) is 57.5 Å². The fourth-order valence-electron chi connectivity index (χ4n) is 2.79. The average molecular weight is 497 g/mol. The number of benzene rings is 2. The second-order valence-corrected chi connectivity index (χ2v) is 8.35. The number of methoxy groups -OCH3 is 2. The van der Waals surface area contributed by atoms with E-state index in [1.54, 1.807) is 32.4 Å². The van der Waals surface area contributed by atoms with Crippen LogP contribution in [0.15, 0.2) is 41.8 Å². The molecule has 7 nitrogen and oxygen atoms in total. The molecule has 0 spiro atoms. The summed E-state index contributed by atoms with van der Waals surface area (Å²) >= 11 is 13.4. The van der Waals surface area contributed by atoms with Gasteiger partial charge in [-0.3, -0.25) is 4.79 Å². The minimum Gasteiger partial charge on any atom is -0.493 e. The van der Waals surface area contributed by atoms with Crippen molar-refractivity contribution in [1.82, 2.24) is 10.3 Å². The molecule has 1 amide bonds. The molecule has 32 heavy (non-hydrogen) atoms. The van der Waals surface area contributed by atoms with Gasteiger partial charge in [-0.15, -0.1) is 11.3 Å². The van der Waals surface area contributed by atoms with Crippen LogP contribution in [0.1, 0.15) is 5.69 Å². The first-order valence-electron chi connectivity index (χ1n) is 9.59. The van der Waals surface area contributed by atoms with Crippen molar-refractivity contribution < 1.29 is 24.1 Å². The molecule has 0 fully saturated rings. The number of carbonyl (C=O) groups excluding carboxylic acids is 1. The number of nitrogens with one attached hydrogen (secondary N) is 1. The summed E-state index contributed by atoms with van der Waals surface area (Å²) in [4.78, 5) is 16.8. The van der Waals surface area contributed by atoms with Gasteiger partial charge in [-0.2, -0.15) is 0 Å². The minimum absolute atomic E-state index is 0.0314. The zero-order chi connectivity index (χ0) is 23.1. The molecule has 1 unspecified atom stereocenters. The second-order valence-electron chi connectivity index (χ2n) is 6.71. The maximum absolute atomic E-state index is 12.2. The van der Waals surface area contributed by atoms with Crippen LogP contribution in [0.2, 0.25) is 10.0 Å². The largest absolute Gasteiger partial charge is 0.493 e. The van der Waals surface area contributed by atoms with Gasteiger partial charge in [-0.25, -0.2) is 4.98 Å². The van der Waals surface area contributed by atoms with Crippen LogP contribution in [0.4, 0.5) is 0 Å². The number of aromatic nitrogens is 1. The Bertz CT molecular complexity index is 1080. The fourth-order valence-corrected chi connectivity index (χ4v) is 3.95. The number of rotatable bonds is 10. The van der Waals surface area contributed by atoms with Gasteiger partial charge in [0.1, 0.15) is 28.5 Å². The molecule has 1 heterocycles. The molecular weight excluding hydrogens is 475 g/mol. The van der Waals surface area contributed by atoms with Crippen LogP contribution >= 0.6 is 34.5 Å². The summed E-state index contributed by atoms with van der Waals surface area (Å²) in [5.74, 6) is 1.35. The third kappa shape index (κ3) is 6.26. The van der Waals surface area contributed by atoms with Crippen molar-refractivity contribution in [3.63, 3.8) is 0 Å². The normalized spacial score (nSPS) is 11.7. The van der Waals surface area contributed by atoms with Crippen LogP contribution in [0.5, 0.6) is 17.2 Å². The molecule has 0 aliphatic heterocycles. The zero-order valence-electron chi connectivity index (χ0n) is 17.4. The van der Waals surface area contributed by atoms with Gasteiger partial charge < -0.3 is 24.6 Å². The standard InChI is InChI=1S/C22H22Cl2N2O5S/c1-29-17-7-6-13(8-19(17)30-2)22-26-14(12-32-22)9-20(28)25-10-15(27)11-31-18-5-3-4-16(23)21(18)24/h3-8,12,15,27H,9-11H2,1-2H3,(H,25,28). The van der Waals surface area contributed by atoms with Crippen LogP contribution in [0.25, 0.3) is 10.6 Å². The molecule has 1 aromatic heterocycles. The smallest absolute Gasteiger partial charge is 0.226 e. The molecule has 0 bridgehead atoms. The first-order valence-corrected chi connectivity index (χ1v) is 11.2. The average Bonchev–Trinajstić information content (AvgIpc) is 3.26. The van der Waals surface area contributed by atoms with Crippen molar-refractivity contribution in [2.75, 3.05) is 27.4 Å².